The fraction of sp³-hybridized carbons (Fsp3) is 0.352. The number of amides is 1. The number of benzene rings is 4. The number of aliphatic carboxylic acids is 3. The van der Waals surface area contributed by atoms with E-state index in [1.54, 1.807) is 42.1 Å². The number of alkyl halides is 1. The van der Waals surface area contributed by atoms with Crippen LogP contribution in [0.5, 0.6) is 46.0 Å². The van der Waals surface area contributed by atoms with Crippen molar-refractivity contribution < 1.29 is 86.7 Å². The largest absolute Gasteiger partial charge is 0.481 e. The maximum atomic E-state index is 11.8. The van der Waals surface area contributed by atoms with Gasteiger partial charge < -0.3 is 90.8 Å². The molecule has 15 rings (SSSR count). The van der Waals surface area contributed by atoms with E-state index < -0.39 is 41.7 Å². The van der Waals surface area contributed by atoms with E-state index in [1.165, 1.54) is 24.1 Å². The number of aromatic nitrogens is 8. The molecule has 11 heterocycles. The van der Waals surface area contributed by atoms with Crippen molar-refractivity contribution in [3.8, 4) is 46.0 Å². The van der Waals surface area contributed by atoms with Gasteiger partial charge in [-0.1, -0.05) is 58.0 Å². The number of hydrazine groups is 2. The van der Waals surface area contributed by atoms with Crippen LogP contribution in [0, 0.1) is 4.77 Å². The van der Waals surface area contributed by atoms with Gasteiger partial charge in [0.2, 0.25) is 43.0 Å². The van der Waals surface area contributed by atoms with Gasteiger partial charge in [-0.2, -0.15) is 0 Å². The van der Waals surface area contributed by atoms with Crippen LogP contribution in [0.2, 0.25) is 0 Å². The Labute approximate surface area is 662 Å². The number of thiocarbonyl (C=S) groups is 2. The Hall–Kier alpha value is -11.3. The van der Waals surface area contributed by atoms with Crippen molar-refractivity contribution >= 4 is 128 Å². The molecule has 40 heteroatoms. The number of carbonyl (C=O) groups excluding carboxylic acids is 3. The van der Waals surface area contributed by atoms with Gasteiger partial charge in [0.15, 0.2) is 56.2 Å². The number of carboxylic acids is 3. The van der Waals surface area contributed by atoms with Gasteiger partial charge in [0.1, 0.15) is 23.3 Å². The van der Waals surface area contributed by atoms with E-state index in [2.05, 4.69) is 136 Å². The number of cyclic esters (lactones) is 2. The number of nitrogens with zero attached hydrogens (tertiary/aromatic N) is 5. The molecule has 0 aliphatic carbocycles. The molecule has 3 atom stereocenters. The van der Waals surface area contributed by atoms with Crippen molar-refractivity contribution in [1.29, 1.82) is 0 Å². The lowest BCUT2D eigenvalue weighted by Gasteiger charge is -2.20. The van der Waals surface area contributed by atoms with Crippen LogP contribution in [0.25, 0.3) is 0 Å². The van der Waals surface area contributed by atoms with Crippen molar-refractivity contribution in [3.63, 3.8) is 0 Å². The summed E-state index contributed by atoms with van der Waals surface area (Å²) in [5.41, 5.74) is 24.5. The molecule has 7 aliphatic heterocycles. The standard InChI is InChI=1S/C22H24N6O4S.C13H15N3O5S.C13H13N3O4S.C12H10O5.C10H13BrN2.CH5N3S/c29-20(30)11-14(13-1-4-17-18(9-13)32-12-31-17)10-19-26-22(28-27-19)33-8-5-15-2-3-16-21(25-15)24-7-6-23-16;14-13(22)16-15-11(17)4-8(5-12(18)19)7-1-2-9-10(3-7)21-6-20-9;17-12(18)5-8(4-11-14-13(21)16-15-11)7-1-2-9-10(3-7)20-6-19-9;13-11-4-8(5-12(14)17-11)7-1-2-9-10(3-7)16-6-15-9;11-6-5-9-4-3-8-2-1-7-12-10(8)13-9;2-1(5)4-3/h1-4,9,14,23H,5-8,10-12H2,(H,24,25)(H,29,30)(H,26,27,28);1-3,8H,4-6H2,(H,15,17)(H,18,19)(H3,14,16,22);1-3,8H,4-6H2,(H,17,18)(H2,14,15,16,21);1-3,8H,4-6H2;3-4H,1-2,5-7H2,(H,12,13);3H2,(H3,2,4,5). The van der Waals surface area contributed by atoms with E-state index in [-0.39, 0.29) is 93.7 Å². The average molecular weight is 1670 g/mol. The third-order valence-electron chi connectivity index (χ3n) is 17.2. The molecule has 4 aromatic carbocycles. The summed E-state index contributed by atoms with van der Waals surface area (Å²) in [6.45, 7) is 3.55. The number of H-pyrrole nitrogens is 3. The zero-order valence-corrected chi connectivity index (χ0v) is 64.2. The number of esters is 2. The number of aryl methyl sites for hydroxylation is 3. The molecule has 7 aliphatic rings. The predicted molar refractivity (Wildman–Crippen MR) is 417 cm³/mol. The molecule has 1 amide bonds. The molecule has 0 radical (unpaired) electrons. The number of hydrogen-bond acceptors (Lipinski definition) is 28. The van der Waals surface area contributed by atoms with Crippen LogP contribution in [0.1, 0.15) is 119 Å². The molecule has 0 bridgehead atoms. The highest BCUT2D eigenvalue weighted by Gasteiger charge is 2.31. The first-order chi connectivity index (χ1) is 53.6. The van der Waals surface area contributed by atoms with Crippen LogP contribution in [-0.4, -0.2) is 160 Å². The Balaban J connectivity index is 0.000000150. The van der Waals surface area contributed by atoms with Gasteiger partial charge in [0.25, 0.3) is 0 Å². The van der Waals surface area contributed by atoms with Gasteiger partial charge in [0, 0.05) is 85.0 Å². The number of thioether (sulfide) groups is 1. The number of anilines is 3. The Morgan fingerprint density at radius 1 is 0.568 bits per heavy atom. The van der Waals surface area contributed by atoms with Crippen LogP contribution >= 0.6 is 64.3 Å². The van der Waals surface area contributed by atoms with Crippen LogP contribution in [0.15, 0.2) is 102 Å². The fourth-order valence-corrected chi connectivity index (χ4v) is 13.4. The average Bonchev–Trinajstić information content (AvgIpc) is 1.76. The van der Waals surface area contributed by atoms with Crippen LogP contribution in [-0.2, 0) is 65.6 Å². The van der Waals surface area contributed by atoms with Crippen LogP contribution < -0.4 is 87.4 Å². The summed E-state index contributed by atoms with van der Waals surface area (Å²) in [5.74, 6) is 8.61. The predicted octanol–water partition coefficient (Wildman–Crippen LogP) is 7.56. The Morgan fingerprint density at radius 3 is 1.62 bits per heavy atom. The lowest BCUT2D eigenvalue weighted by Crippen LogP contribution is -2.44. The van der Waals surface area contributed by atoms with E-state index >= 15 is 0 Å². The van der Waals surface area contributed by atoms with Crippen molar-refractivity contribution in [2.24, 2.45) is 17.3 Å². The molecular formula is C71H80BrN17O18S4. The molecule has 588 valence electrons. The van der Waals surface area contributed by atoms with E-state index in [0.29, 0.717) is 86.0 Å². The number of ether oxygens (including phenoxy) is 9. The highest BCUT2D eigenvalue weighted by atomic mass is 79.9. The van der Waals surface area contributed by atoms with Gasteiger partial charge in [-0.15, -0.1) is 5.10 Å². The third kappa shape index (κ3) is 25.4. The number of halogens is 1. The summed E-state index contributed by atoms with van der Waals surface area (Å²) in [7, 11) is 0. The highest BCUT2D eigenvalue weighted by Crippen LogP contribution is 2.41. The lowest BCUT2D eigenvalue weighted by atomic mass is 9.91. The minimum atomic E-state index is -1.00. The quantitative estimate of drug-likeness (QED) is 0.00591. The number of aromatic amines is 3. The molecule has 8 aromatic rings. The topological polar surface area (TPSA) is 508 Å². The van der Waals surface area contributed by atoms with Crippen molar-refractivity contribution in [1.82, 2.24) is 56.6 Å². The van der Waals surface area contributed by atoms with Crippen molar-refractivity contribution in [2.75, 3.05) is 73.8 Å². The number of hydrogen-bond donors (Lipinski definition) is 15. The first-order valence-corrected chi connectivity index (χ1v) is 37.9. The third-order valence-corrected chi connectivity index (χ3v) is 18.9. The SMILES string of the molecule is BrCCc1ccc2c(n1)NCCC2.NC(=S)NNC(=O)CC(CC(=O)O)c1ccc2c(c1)OCO2.NNC(N)=S.O=C(O)CC(Cc1nc(=S)[nH][nH]1)c1ccc2c(c1)OCO2.O=C(O)CC(Cc1nc(SCCc2ccc3c(n2)NCCN3)n[nH]1)c1ccc2c(c1)OCO2.O=C1CC(c2ccc3c(c2)OCO3)CC(=O)O1. The molecule has 18 N–H and O–H groups in total. The normalized spacial score (nSPS) is 14.7. The number of carboxylic acid groups (broad SMARTS) is 3. The number of rotatable bonds is 22. The van der Waals surface area contributed by atoms with E-state index in [4.69, 9.17) is 71.8 Å². The number of fused-ring (bicyclic) bond motifs is 6. The molecule has 1 saturated heterocycles. The van der Waals surface area contributed by atoms with Gasteiger partial charge in [-0.25, -0.2) is 25.8 Å². The Morgan fingerprint density at radius 2 is 1.07 bits per heavy atom. The maximum absolute atomic E-state index is 11.8. The molecular weight excluding hydrogens is 1590 g/mol. The smallest absolute Gasteiger partial charge is 0.314 e. The van der Waals surface area contributed by atoms with Crippen molar-refractivity contribution in [2.45, 2.75) is 106 Å². The molecule has 1 fully saturated rings. The van der Waals surface area contributed by atoms with E-state index in [0.717, 1.165) is 83.3 Å². The van der Waals surface area contributed by atoms with Gasteiger partial charge in [0.05, 0.1) is 37.8 Å². The Bertz CT molecular complexity index is 4680. The summed E-state index contributed by atoms with van der Waals surface area (Å²) >= 11 is 18.7. The highest BCUT2D eigenvalue weighted by molar-refractivity contribution is 9.09. The minimum Gasteiger partial charge on any atom is -0.481 e. The number of nitrogens with two attached hydrogens (primary N) is 3. The van der Waals surface area contributed by atoms with E-state index in [1.807, 2.05) is 54.0 Å². The van der Waals surface area contributed by atoms with Gasteiger partial charge in [-0.3, -0.25) is 54.9 Å². The number of nitrogens with one attached hydrogen (secondary N) is 9. The molecule has 4 aromatic heterocycles. The first kappa shape index (κ1) is 82.2. The number of pyridine rings is 2. The second-order valence-electron chi connectivity index (χ2n) is 25.1. The summed E-state index contributed by atoms with van der Waals surface area (Å²) in [5, 5.41) is 52.0. The molecule has 0 saturated carbocycles. The van der Waals surface area contributed by atoms with E-state index in [9.17, 15) is 33.9 Å². The second-order valence-corrected chi connectivity index (χ2v) is 28.2. The second kappa shape index (κ2) is 40.9. The molecule has 3 unspecified atom stereocenters. The van der Waals surface area contributed by atoms with Gasteiger partial charge in [-0.05, 0) is 157 Å². The van der Waals surface area contributed by atoms with Crippen molar-refractivity contribution in [3.05, 3.63) is 153 Å². The first-order valence-electron chi connectivity index (χ1n) is 34.6. The number of carbonyl (C=O) groups is 6. The zero-order valence-electron chi connectivity index (χ0n) is 59.3. The lowest BCUT2D eigenvalue weighted by molar-refractivity contribution is -0.164. The molecule has 0 spiro atoms. The molecule has 111 heavy (non-hydrogen) atoms. The fourth-order valence-electron chi connectivity index (χ4n) is 12.0. The van der Waals surface area contributed by atoms with Crippen LogP contribution in [0.4, 0.5) is 17.3 Å². The van der Waals surface area contributed by atoms with Crippen LogP contribution in [0.3, 0.4) is 0 Å². The summed E-state index contributed by atoms with van der Waals surface area (Å²) in [6.07, 6.45) is 5.28. The summed E-state index contributed by atoms with van der Waals surface area (Å²) < 4.78 is 47.2. The summed E-state index contributed by atoms with van der Waals surface area (Å²) in [4.78, 5) is 85.7. The monoisotopic (exact) mass is 1670 g/mol. The summed E-state index contributed by atoms with van der Waals surface area (Å²) in [6, 6.07) is 30.0. The maximum Gasteiger partial charge on any atom is 0.314 e. The van der Waals surface area contributed by atoms with Gasteiger partial charge >= 0.3 is 29.8 Å². The minimum absolute atomic E-state index is 0.00684. The Kier molecular flexibility index (Phi) is 30.3. The zero-order chi connectivity index (χ0) is 78.8. The molecule has 35 nitrogen and oxygen atoms in total.